The molecular formula is C11H12NP. The molecule has 0 saturated carbocycles. The van der Waals surface area contributed by atoms with Gasteiger partial charge < -0.3 is 0 Å². The minimum atomic E-state index is 0.736. The molecule has 3 unspecified atom stereocenters. The second-order valence-corrected chi connectivity index (χ2v) is 4.95. The highest BCUT2D eigenvalue weighted by Crippen LogP contribution is 2.42. The molecule has 0 amide bonds. The van der Waals surface area contributed by atoms with Crippen molar-refractivity contribution in [3.8, 4) is 0 Å². The zero-order valence-corrected chi connectivity index (χ0v) is 8.33. The van der Waals surface area contributed by atoms with Gasteiger partial charge in [-0.2, -0.15) is 0 Å². The molecule has 1 saturated heterocycles. The van der Waals surface area contributed by atoms with Crippen LogP contribution in [-0.2, 0) is 0 Å². The van der Waals surface area contributed by atoms with E-state index in [0.717, 1.165) is 26.9 Å². The Labute approximate surface area is 80.1 Å². The van der Waals surface area contributed by atoms with Crippen LogP contribution < -0.4 is 5.09 Å². The van der Waals surface area contributed by atoms with Gasteiger partial charge in [-0.1, -0.05) is 36.4 Å². The fourth-order valence-electron chi connectivity index (χ4n) is 2.21. The minimum absolute atomic E-state index is 0.736. The summed E-state index contributed by atoms with van der Waals surface area (Å²) in [5, 5.41) is 3.48. The Morgan fingerprint density at radius 3 is 3.23 bits per heavy atom. The van der Waals surface area contributed by atoms with Crippen molar-refractivity contribution in [3.05, 3.63) is 41.5 Å². The Morgan fingerprint density at radius 2 is 2.23 bits per heavy atom. The van der Waals surface area contributed by atoms with Gasteiger partial charge in [-0.05, 0) is 19.9 Å². The van der Waals surface area contributed by atoms with Crippen LogP contribution in [0.2, 0.25) is 0 Å². The van der Waals surface area contributed by atoms with Crippen LogP contribution in [0.1, 0.15) is 17.0 Å². The summed E-state index contributed by atoms with van der Waals surface area (Å²) in [7, 11) is 0.913. The molecule has 66 valence electrons. The number of fused-ring (bicyclic) bond motifs is 3. The van der Waals surface area contributed by atoms with E-state index in [1.807, 2.05) is 0 Å². The van der Waals surface area contributed by atoms with Crippen LogP contribution in [0, 0.1) is 0 Å². The Balaban J connectivity index is 2.13. The van der Waals surface area contributed by atoms with Gasteiger partial charge in [0.15, 0.2) is 0 Å². The number of hydrogen-bond donors (Lipinski definition) is 1. The van der Waals surface area contributed by atoms with E-state index < -0.39 is 0 Å². The third kappa shape index (κ3) is 1.15. The lowest BCUT2D eigenvalue weighted by Crippen LogP contribution is -2.15. The summed E-state index contributed by atoms with van der Waals surface area (Å²) in [5.74, 6) is 0.736. The third-order valence-corrected chi connectivity index (χ3v) is 4.24. The predicted octanol–water partition coefficient (Wildman–Crippen LogP) is 2.36. The molecule has 1 aromatic rings. The molecule has 1 aliphatic heterocycles. The molecule has 13 heavy (non-hydrogen) atoms. The second-order valence-electron chi connectivity index (χ2n) is 3.65. The van der Waals surface area contributed by atoms with E-state index in [4.69, 9.17) is 0 Å². The average molecular weight is 189 g/mol. The maximum Gasteiger partial charge on any atom is 0.0158 e. The van der Waals surface area contributed by atoms with Crippen LogP contribution in [-0.4, -0.2) is 12.2 Å². The number of rotatable bonds is 0. The highest BCUT2D eigenvalue weighted by atomic mass is 31.1. The number of hydrogen-bond acceptors (Lipinski definition) is 1. The van der Waals surface area contributed by atoms with Gasteiger partial charge in [0.05, 0.1) is 0 Å². The van der Waals surface area contributed by atoms with Gasteiger partial charge in [0, 0.05) is 18.1 Å². The molecule has 2 heteroatoms. The van der Waals surface area contributed by atoms with Gasteiger partial charge in [-0.25, -0.2) is 0 Å². The van der Waals surface area contributed by atoms with Crippen molar-refractivity contribution < 1.29 is 0 Å². The standard InChI is InChI=1S/C11H12NP/c1-2-4-9-8(3-1)5-6-11-10(9)7-12-13-11/h1-6,10-13H,7H2. The Kier molecular flexibility index (Phi) is 1.74. The average Bonchev–Trinajstić information content (AvgIpc) is 2.65. The van der Waals surface area contributed by atoms with E-state index in [1.54, 1.807) is 0 Å². The first-order valence-corrected chi connectivity index (χ1v) is 5.78. The highest BCUT2D eigenvalue weighted by Gasteiger charge is 2.29. The molecule has 0 aromatic heterocycles. The zero-order chi connectivity index (χ0) is 8.67. The SMILES string of the molecule is C1=CC2PNCC2c2ccccc21. The molecule has 0 spiro atoms. The molecule has 2 aliphatic rings. The molecule has 3 atom stereocenters. The van der Waals surface area contributed by atoms with E-state index in [-0.39, 0.29) is 0 Å². The number of benzene rings is 1. The molecule has 0 radical (unpaired) electrons. The zero-order valence-electron chi connectivity index (χ0n) is 7.33. The first kappa shape index (κ1) is 7.73. The molecule has 1 heterocycles. The van der Waals surface area contributed by atoms with Gasteiger partial charge in [-0.15, -0.1) is 0 Å². The summed E-state index contributed by atoms with van der Waals surface area (Å²) < 4.78 is 0. The molecule has 1 aromatic carbocycles. The van der Waals surface area contributed by atoms with Crippen molar-refractivity contribution in [2.24, 2.45) is 0 Å². The van der Waals surface area contributed by atoms with E-state index in [2.05, 4.69) is 41.5 Å². The number of nitrogens with one attached hydrogen (secondary N) is 1. The topological polar surface area (TPSA) is 12.0 Å². The van der Waals surface area contributed by atoms with Crippen LogP contribution in [0.3, 0.4) is 0 Å². The normalized spacial score (nSPS) is 31.7. The Morgan fingerprint density at radius 1 is 1.31 bits per heavy atom. The molecule has 0 bridgehead atoms. The Hall–Kier alpha value is -0.650. The second kappa shape index (κ2) is 2.94. The van der Waals surface area contributed by atoms with E-state index in [1.165, 1.54) is 11.1 Å². The van der Waals surface area contributed by atoms with Crippen molar-refractivity contribution >= 4 is 14.8 Å². The van der Waals surface area contributed by atoms with Crippen LogP contribution in [0.15, 0.2) is 30.3 Å². The smallest absolute Gasteiger partial charge is 0.0158 e. The molecule has 1 fully saturated rings. The summed E-state index contributed by atoms with van der Waals surface area (Å²) in [6.45, 7) is 1.16. The first-order valence-electron chi connectivity index (χ1n) is 4.71. The van der Waals surface area contributed by atoms with Crippen molar-refractivity contribution in [3.63, 3.8) is 0 Å². The molecule has 3 rings (SSSR count). The fraction of sp³-hybridized carbons (Fsp3) is 0.273. The van der Waals surface area contributed by atoms with Crippen LogP contribution in [0.4, 0.5) is 0 Å². The monoisotopic (exact) mass is 189 g/mol. The van der Waals surface area contributed by atoms with E-state index in [0.29, 0.717) is 0 Å². The maximum atomic E-state index is 3.48. The van der Waals surface area contributed by atoms with Crippen molar-refractivity contribution in [1.29, 1.82) is 0 Å². The summed E-state index contributed by atoms with van der Waals surface area (Å²) in [4.78, 5) is 0. The van der Waals surface area contributed by atoms with Gasteiger partial charge in [0.1, 0.15) is 0 Å². The molecular weight excluding hydrogens is 177 g/mol. The van der Waals surface area contributed by atoms with Gasteiger partial charge in [-0.3, -0.25) is 5.09 Å². The molecule has 1 nitrogen and oxygen atoms in total. The van der Waals surface area contributed by atoms with Crippen LogP contribution >= 0.6 is 8.73 Å². The summed E-state index contributed by atoms with van der Waals surface area (Å²) in [6, 6.07) is 8.75. The Bertz CT molecular complexity index is 359. The van der Waals surface area contributed by atoms with Crippen molar-refractivity contribution in [1.82, 2.24) is 5.09 Å². The van der Waals surface area contributed by atoms with E-state index >= 15 is 0 Å². The van der Waals surface area contributed by atoms with Gasteiger partial charge in [0.25, 0.3) is 0 Å². The quantitative estimate of drug-likeness (QED) is 0.618. The predicted molar refractivity (Wildman–Crippen MR) is 58.3 cm³/mol. The molecule has 1 aliphatic carbocycles. The minimum Gasteiger partial charge on any atom is -0.297 e. The van der Waals surface area contributed by atoms with Crippen molar-refractivity contribution in [2.75, 3.05) is 6.54 Å². The maximum absolute atomic E-state index is 3.48. The van der Waals surface area contributed by atoms with Crippen LogP contribution in [0.5, 0.6) is 0 Å². The largest absolute Gasteiger partial charge is 0.297 e. The van der Waals surface area contributed by atoms with Gasteiger partial charge in [0.2, 0.25) is 0 Å². The van der Waals surface area contributed by atoms with Crippen LogP contribution in [0.25, 0.3) is 6.08 Å². The third-order valence-electron chi connectivity index (χ3n) is 2.90. The lowest BCUT2D eigenvalue weighted by Gasteiger charge is -2.21. The summed E-state index contributed by atoms with van der Waals surface area (Å²) in [6.07, 6.45) is 4.64. The lowest BCUT2D eigenvalue weighted by atomic mass is 9.87. The van der Waals surface area contributed by atoms with Crippen molar-refractivity contribution in [2.45, 2.75) is 11.6 Å². The lowest BCUT2D eigenvalue weighted by molar-refractivity contribution is 0.733. The first-order chi connectivity index (χ1) is 6.45. The fourth-order valence-corrected chi connectivity index (χ4v) is 3.47. The molecule has 1 N–H and O–H groups in total. The summed E-state index contributed by atoms with van der Waals surface area (Å²) in [5.41, 5.74) is 3.71. The number of allylic oxidation sites excluding steroid dienone is 1. The van der Waals surface area contributed by atoms with E-state index in [9.17, 15) is 0 Å². The highest BCUT2D eigenvalue weighted by molar-refractivity contribution is 7.37. The summed E-state index contributed by atoms with van der Waals surface area (Å²) >= 11 is 0. The van der Waals surface area contributed by atoms with Gasteiger partial charge >= 0.3 is 0 Å².